The number of carbonyl (C=O) groups is 1. The Kier molecular flexibility index (Phi) is 4.39. The van der Waals surface area contributed by atoms with Gasteiger partial charge in [0.15, 0.2) is 5.13 Å². The van der Waals surface area contributed by atoms with Crippen molar-refractivity contribution in [3.8, 4) is 16.2 Å². The van der Waals surface area contributed by atoms with Crippen molar-refractivity contribution < 1.29 is 9.53 Å². The molecule has 3 rings (SSSR count). The molecule has 1 aromatic heterocycles. The van der Waals surface area contributed by atoms with Gasteiger partial charge in [0.1, 0.15) is 5.75 Å². The first-order valence-corrected chi connectivity index (χ1v) is 7.97. The Labute approximate surface area is 138 Å². The minimum Gasteiger partial charge on any atom is -0.497 e. The van der Waals surface area contributed by atoms with Crippen LogP contribution in [-0.2, 0) is 0 Å². The first-order chi connectivity index (χ1) is 11.2. The number of carbonyl (C=O) groups excluding carboxylic acids is 1. The van der Waals surface area contributed by atoms with E-state index in [-0.39, 0.29) is 5.91 Å². The molecule has 0 spiro atoms. The fraction of sp³-hybridized carbons (Fsp3) is 0.111. The predicted molar refractivity (Wildman–Crippen MR) is 93.2 cm³/mol. The van der Waals surface area contributed by atoms with E-state index in [4.69, 9.17) is 4.74 Å². The summed E-state index contributed by atoms with van der Waals surface area (Å²) in [5.41, 5.74) is 2.55. The number of ether oxygens (including phenoxy) is 1. The number of rotatable bonds is 4. The van der Waals surface area contributed by atoms with Crippen molar-refractivity contribution in [1.82, 2.24) is 4.98 Å². The van der Waals surface area contributed by atoms with E-state index in [9.17, 15) is 4.79 Å². The number of hydrogen-bond acceptors (Lipinski definition) is 4. The summed E-state index contributed by atoms with van der Waals surface area (Å²) in [6, 6.07) is 17.1. The monoisotopic (exact) mass is 324 g/mol. The van der Waals surface area contributed by atoms with Gasteiger partial charge in [-0.1, -0.05) is 47.7 Å². The molecule has 1 heterocycles. The summed E-state index contributed by atoms with van der Waals surface area (Å²) < 4.78 is 5.14. The molecule has 5 heteroatoms. The highest BCUT2D eigenvalue weighted by Gasteiger charge is 2.13. The number of nitrogens with zero attached hydrogens (tertiary/aromatic N) is 1. The highest BCUT2D eigenvalue weighted by Crippen LogP contribution is 2.32. The van der Waals surface area contributed by atoms with E-state index in [0.29, 0.717) is 16.4 Å². The minimum absolute atomic E-state index is 0.197. The number of aromatic nitrogens is 1. The lowest BCUT2D eigenvalue weighted by Crippen LogP contribution is -2.11. The molecule has 0 unspecified atom stereocenters. The summed E-state index contributed by atoms with van der Waals surface area (Å²) in [6.45, 7) is 1.94. The van der Waals surface area contributed by atoms with Crippen LogP contribution in [0.3, 0.4) is 0 Å². The smallest absolute Gasteiger partial charge is 0.257 e. The lowest BCUT2D eigenvalue weighted by atomic mass is 10.2. The molecule has 0 aliphatic heterocycles. The molecule has 0 bridgehead atoms. The van der Waals surface area contributed by atoms with Crippen LogP contribution in [0.15, 0.2) is 54.6 Å². The maximum absolute atomic E-state index is 12.3. The van der Waals surface area contributed by atoms with Gasteiger partial charge in [-0.05, 0) is 30.7 Å². The standard InChI is InChI=1S/C18H16N2O2S/c1-12-16(13-7-4-3-5-8-13)23-18(19-12)20-17(21)14-9-6-10-15(11-14)22-2/h3-11H,1-2H3,(H,19,20,21). The van der Waals surface area contributed by atoms with Gasteiger partial charge in [0.25, 0.3) is 5.91 Å². The molecule has 3 aromatic rings. The maximum Gasteiger partial charge on any atom is 0.257 e. The molecule has 0 saturated heterocycles. The molecule has 0 atom stereocenters. The van der Waals surface area contributed by atoms with Crippen molar-refractivity contribution in [2.75, 3.05) is 12.4 Å². The number of anilines is 1. The number of aryl methyl sites for hydroxylation is 1. The molecule has 23 heavy (non-hydrogen) atoms. The van der Waals surface area contributed by atoms with Crippen molar-refractivity contribution >= 4 is 22.4 Å². The third-order valence-electron chi connectivity index (χ3n) is 3.38. The summed E-state index contributed by atoms with van der Waals surface area (Å²) >= 11 is 1.47. The second kappa shape index (κ2) is 6.62. The van der Waals surface area contributed by atoms with Crippen LogP contribution in [0, 0.1) is 6.92 Å². The van der Waals surface area contributed by atoms with Crippen LogP contribution in [0.1, 0.15) is 16.1 Å². The molecule has 0 radical (unpaired) electrons. The van der Waals surface area contributed by atoms with Gasteiger partial charge in [-0.25, -0.2) is 4.98 Å². The topological polar surface area (TPSA) is 51.2 Å². The minimum atomic E-state index is -0.197. The lowest BCUT2D eigenvalue weighted by Gasteiger charge is -2.04. The second-order valence-corrected chi connectivity index (χ2v) is 5.98. The maximum atomic E-state index is 12.3. The zero-order chi connectivity index (χ0) is 16.2. The van der Waals surface area contributed by atoms with E-state index in [1.165, 1.54) is 11.3 Å². The Morgan fingerprint density at radius 1 is 1.13 bits per heavy atom. The van der Waals surface area contributed by atoms with Gasteiger partial charge >= 0.3 is 0 Å². The first kappa shape index (κ1) is 15.2. The predicted octanol–water partition coefficient (Wildman–Crippen LogP) is 4.38. The van der Waals surface area contributed by atoms with Crippen molar-refractivity contribution in [3.63, 3.8) is 0 Å². The first-order valence-electron chi connectivity index (χ1n) is 7.15. The van der Waals surface area contributed by atoms with Crippen molar-refractivity contribution in [3.05, 3.63) is 65.9 Å². The number of hydrogen-bond donors (Lipinski definition) is 1. The van der Waals surface area contributed by atoms with E-state index >= 15 is 0 Å². The number of benzene rings is 2. The molecule has 116 valence electrons. The van der Waals surface area contributed by atoms with E-state index < -0.39 is 0 Å². The molecule has 0 aliphatic carbocycles. The van der Waals surface area contributed by atoms with Crippen LogP contribution in [0.5, 0.6) is 5.75 Å². The van der Waals surface area contributed by atoms with Crippen molar-refractivity contribution in [2.24, 2.45) is 0 Å². The fourth-order valence-corrected chi connectivity index (χ4v) is 3.21. The summed E-state index contributed by atoms with van der Waals surface area (Å²) in [4.78, 5) is 17.9. The van der Waals surface area contributed by atoms with Gasteiger partial charge < -0.3 is 4.74 Å². The zero-order valence-corrected chi connectivity index (χ0v) is 13.7. The Hall–Kier alpha value is -2.66. The highest BCUT2D eigenvalue weighted by atomic mass is 32.1. The Morgan fingerprint density at radius 3 is 2.65 bits per heavy atom. The number of amides is 1. The van der Waals surface area contributed by atoms with Gasteiger partial charge in [-0.3, -0.25) is 10.1 Å². The highest BCUT2D eigenvalue weighted by molar-refractivity contribution is 7.19. The van der Waals surface area contributed by atoms with Gasteiger partial charge in [0.05, 0.1) is 17.7 Å². The van der Waals surface area contributed by atoms with E-state index in [0.717, 1.165) is 16.1 Å². The molecule has 1 amide bonds. The van der Waals surface area contributed by atoms with Crippen LogP contribution in [-0.4, -0.2) is 18.0 Å². The van der Waals surface area contributed by atoms with Gasteiger partial charge in [0.2, 0.25) is 0 Å². The normalized spacial score (nSPS) is 10.3. The molecule has 1 N–H and O–H groups in total. The van der Waals surface area contributed by atoms with E-state index in [1.807, 2.05) is 37.3 Å². The van der Waals surface area contributed by atoms with Crippen molar-refractivity contribution in [1.29, 1.82) is 0 Å². The van der Waals surface area contributed by atoms with E-state index in [2.05, 4.69) is 10.3 Å². The average Bonchev–Trinajstić information content (AvgIpc) is 2.96. The Morgan fingerprint density at radius 2 is 1.91 bits per heavy atom. The number of thiazole rings is 1. The second-order valence-electron chi connectivity index (χ2n) is 4.99. The largest absolute Gasteiger partial charge is 0.497 e. The quantitative estimate of drug-likeness (QED) is 0.775. The van der Waals surface area contributed by atoms with Crippen LogP contribution in [0.4, 0.5) is 5.13 Å². The fourth-order valence-electron chi connectivity index (χ4n) is 2.24. The Balaban J connectivity index is 1.82. The van der Waals surface area contributed by atoms with Crippen molar-refractivity contribution in [2.45, 2.75) is 6.92 Å². The molecular weight excluding hydrogens is 308 g/mol. The summed E-state index contributed by atoms with van der Waals surface area (Å²) in [5.74, 6) is 0.454. The van der Waals surface area contributed by atoms with Crippen LogP contribution in [0.25, 0.3) is 10.4 Å². The molecule has 4 nitrogen and oxygen atoms in total. The third kappa shape index (κ3) is 3.40. The van der Waals surface area contributed by atoms with Crippen LogP contribution >= 0.6 is 11.3 Å². The lowest BCUT2D eigenvalue weighted by molar-refractivity contribution is 0.102. The SMILES string of the molecule is COc1cccc(C(=O)Nc2nc(C)c(-c3ccccc3)s2)c1. The van der Waals surface area contributed by atoms with E-state index in [1.54, 1.807) is 31.4 Å². The van der Waals surface area contributed by atoms with Gasteiger partial charge in [-0.2, -0.15) is 0 Å². The summed E-state index contributed by atoms with van der Waals surface area (Å²) in [5, 5.41) is 3.45. The summed E-state index contributed by atoms with van der Waals surface area (Å²) in [7, 11) is 1.58. The zero-order valence-electron chi connectivity index (χ0n) is 12.9. The Bertz CT molecular complexity index is 828. The number of methoxy groups -OCH3 is 1. The van der Waals surface area contributed by atoms with Crippen LogP contribution in [0.2, 0.25) is 0 Å². The number of nitrogens with one attached hydrogen (secondary N) is 1. The third-order valence-corrected chi connectivity index (χ3v) is 4.51. The van der Waals surface area contributed by atoms with Gasteiger partial charge in [-0.15, -0.1) is 0 Å². The molecule has 2 aromatic carbocycles. The van der Waals surface area contributed by atoms with Gasteiger partial charge in [0, 0.05) is 5.56 Å². The molecule has 0 saturated carbocycles. The average molecular weight is 324 g/mol. The molecule has 0 aliphatic rings. The van der Waals surface area contributed by atoms with Crippen LogP contribution < -0.4 is 10.1 Å². The molecular formula is C18H16N2O2S. The summed E-state index contributed by atoms with van der Waals surface area (Å²) in [6.07, 6.45) is 0. The molecule has 0 fully saturated rings.